The van der Waals surface area contributed by atoms with E-state index in [4.69, 9.17) is 0 Å². The highest BCUT2D eigenvalue weighted by Gasteiger charge is 2.17. The van der Waals surface area contributed by atoms with Crippen molar-refractivity contribution in [2.24, 2.45) is 0 Å². The van der Waals surface area contributed by atoms with Gasteiger partial charge in [-0.2, -0.15) is 0 Å². The van der Waals surface area contributed by atoms with Gasteiger partial charge in [-0.3, -0.25) is 4.79 Å². The van der Waals surface area contributed by atoms with E-state index >= 15 is 0 Å². The van der Waals surface area contributed by atoms with E-state index in [9.17, 15) is 4.79 Å². The Hall–Kier alpha value is -2.46. The summed E-state index contributed by atoms with van der Waals surface area (Å²) in [7, 11) is 0. The van der Waals surface area contributed by atoms with Crippen LogP contribution >= 0.6 is 11.3 Å². The molecular weight excluding hydrogens is 316 g/mol. The van der Waals surface area contributed by atoms with Gasteiger partial charge >= 0.3 is 0 Å². The van der Waals surface area contributed by atoms with Gasteiger partial charge in [-0.15, -0.1) is 11.3 Å². The largest absolute Gasteiger partial charge is 0.345 e. The molecule has 3 nitrogen and oxygen atoms in total. The Morgan fingerprint density at radius 3 is 2.38 bits per heavy atom. The molecule has 3 rings (SSSR count). The second-order valence-corrected chi connectivity index (χ2v) is 6.87. The number of carbonyl (C=O) groups is 1. The Balaban J connectivity index is 1.71. The van der Waals surface area contributed by atoms with Gasteiger partial charge in [-0.1, -0.05) is 60.7 Å². The van der Waals surface area contributed by atoms with E-state index in [0.29, 0.717) is 4.88 Å². The summed E-state index contributed by atoms with van der Waals surface area (Å²) in [6.45, 7) is 3.89. The molecule has 0 fully saturated rings. The maximum atomic E-state index is 12.6. The van der Waals surface area contributed by atoms with Crippen molar-refractivity contribution in [1.29, 1.82) is 0 Å². The highest BCUT2D eigenvalue weighted by Crippen LogP contribution is 2.22. The molecule has 0 radical (unpaired) electrons. The van der Waals surface area contributed by atoms with Crippen molar-refractivity contribution < 1.29 is 4.79 Å². The lowest BCUT2D eigenvalue weighted by Crippen LogP contribution is -2.26. The smallest absolute Gasteiger partial charge is 0.263 e. The van der Waals surface area contributed by atoms with E-state index in [0.717, 1.165) is 22.7 Å². The number of amides is 1. The summed E-state index contributed by atoms with van der Waals surface area (Å²) in [5.74, 6) is -0.0549. The zero-order valence-corrected chi connectivity index (χ0v) is 14.6. The lowest BCUT2D eigenvalue weighted by molar-refractivity contribution is 0.0943. The van der Waals surface area contributed by atoms with E-state index in [1.165, 1.54) is 16.9 Å². The number of thiazole rings is 1. The normalized spacial score (nSPS) is 11.9. The van der Waals surface area contributed by atoms with Crippen molar-refractivity contribution in [2.75, 3.05) is 0 Å². The minimum atomic E-state index is -0.0549. The van der Waals surface area contributed by atoms with Crippen LogP contribution in [0, 0.1) is 6.92 Å². The first-order valence-electron chi connectivity index (χ1n) is 7.99. The molecule has 1 aromatic heterocycles. The van der Waals surface area contributed by atoms with Crippen LogP contribution in [0.3, 0.4) is 0 Å². The van der Waals surface area contributed by atoms with Crippen LogP contribution < -0.4 is 5.32 Å². The Morgan fingerprint density at radius 1 is 1.08 bits per heavy atom. The minimum absolute atomic E-state index is 0.0298. The predicted molar refractivity (Wildman–Crippen MR) is 98.4 cm³/mol. The van der Waals surface area contributed by atoms with E-state index in [2.05, 4.69) is 22.4 Å². The lowest BCUT2D eigenvalue weighted by Gasteiger charge is -2.13. The van der Waals surface area contributed by atoms with E-state index in [1.807, 2.05) is 62.4 Å². The molecule has 4 heteroatoms. The van der Waals surface area contributed by atoms with Crippen molar-refractivity contribution in [3.63, 3.8) is 0 Å². The van der Waals surface area contributed by atoms with Crippen molar-refractivity contribution >= 4 is 17.2 Å². The summed E-state index contributed by atoms with van der Waals surface area (Å²) >= 11 is 1.48. The molecule has 1 heterocycles. The van der Waals surface area contributed by atoms with Gasteiger partial charge in [0.2, 0.25) is 0 Å². The van der Waals surface area contributed by atoms with E-state index in [1.54, 1.807) is 0 Å². The van der Waals surface area contributed by atoms with Crippen LogP contribution in [-0.2, 0) is 6.42 Å². The maximum Gasteiger partial charge on any atom is 0.263 e. The summed E-state index contributed by atoms with van der Waals surface area (Å²) in [5.41, 5.74) is 3.09. The maximum absolute atomic E-state index is 12.6. The van der Waals surface area contributed by atoms with Crippen molar-refractivity contribution in [3.8, 4) is 0 Å². The van der Waals surface area contributed by atoms with Crippen LogP contribution in [0.1, 0.15) is 44.5 Å². The fraction of sp³-hybridized carbons (Fsp3) is 0.200. The Labute approximate surface area is 146 Å². The highest BCUT2D eigenvalue weighted by molar-refractivity contribution is 7.13. The number of aryl methyl sites for hydroxylation is 1. The second kappa shape index (κ2) is 7.41. The minimum Gasteiger partial charge on any atom is -0.345 e. The first-order chi connectivity index (χ1) is 11.6. The molecule has 0 aliphatic heterocycles. The number of aromatic nitrogens is 1. The number of rotatable bonds is 5. The molecule has 0 saturated carbocycles. The lowest BCUT2D eigenvalue weighted by atomic mass is 10.1. The fourth-order valence-corrected chi connectivity index (χ4v) is 3.60. The zero-order valence-electron chi connectivity index (χ0n) is 13.8. The van der Waals surface area contributed by atoms with Crippen molar-refractivity contribution in [1.82, 2.24) is 10.3 Å². The highest BCUT2D eigenvalue weighted by atomic mass is 32.1. The summed E-state index contributed by atoms with van der Waals surface area (Å²) in [4.78, 5) is 17.8. The topological polar surface area (TPSA) is 42.0 Å². The Morgan fingerprint density at radius 2 is 1.71 bits per heavy atom. The molecule has 1 amide bonds. The van der Waals surface area contributed by atoms with Crippen molar-refractivity contribution in [3.05, 3.63) is 87.4 Å². The molecule has 1 N–H and O–H groups in total. The monoisotopic (exact) mass is 336 g/mol. The number of nitrogens with zero attached hydrogens (tertiary/aromatic N) is 1. The average molecular weight is 336 g/mol. The number of carbonyl (C=O) groups excluding carboxylic acids is 1. The zero-order chi connectivity index (χ0) is 16.9. The molecular formula is C20H20N2OS. The van der Waals surface area contributed by atoms with Gasteiger partial charge in [-0.05, 0) is 25.0 Å². The molecule has 0 saturated heterocycles. The van der Waals surface area contributed by atoms with Crippen LogP contribution in [0.5, 0.6) is 0 Å². The van der Waals surface area contributed by atoms with Gasteiger partial charge < -0.3 is 5.32 Å². The average Bonchev–Trinajstić information content (AvgIpc) is 2.97. The molecule has 0 spiro atoms. The third-order valence-electron chi connectivity index (χ3n) is 3.89. The van der Waals surface area contributed by atoms with Gasteiger partial charge in [0.15, 0.2) is 0 Å². The van der Waals surface area contributed by atoms with E-state index in [-0.39, 0.29) is 11.9 Å². The summed E-state index contributed by atoms with van der Waals surface area (Å²) in [5, 5.41) is 4.03. The molecule has 0 aliphatic rings. The third kappa shape index (κ3) is 3.89. The summed E-state index contributed by atoms with van der Waals surface area (Å²) in [6, 6.07) is 20.1. The van der Waals surface area contributed by atoms with E-state index < -0.39 is 0 Å². The number of nitrogens with one attached hydrogen (secondary N) is 1. The molecule has 3 aromatic rings. The third-order valence-corrected chi connectivity index (χ3v) is 5.05. The number of benzene rings is 2. The number of hydrogen-bond acceptors (Lipinski definition) is 3. The predicted octanol–water partition coefficient (Wildman–Crippen LogP) is 4.53. The molecule has 24 heavy (non-hydrogen) atoms. The van der Waals surface area contributed by atoms with Crippen LogP contribution in [0.15, 0.2) is 60.7 Å². The standard InChI is InChI=1S/C20H20N2OS/c1-14(17-11-7-4-8-12-17)22-20(23)19-15(2)21-18(24-19)13-16-9-5-3-6-10-16/h3-12,14H,13H2,1-2H3,(H,22,23). The van der Waals surface area contributed by atoms with Gasteiger partial charge in [-0.25, -0.2) is 4.98 Å². The second-order valence-electron chi connectivity index (χ2n) is 5.79. The first-order valence-corrected chi connectivity index (χ1v) is 8.81. The van der Waals surface area contributed by atoms with Crippen LogP contribution in [0.4, 0.5) is 0 Å². The molecule has 1 unspecified atom stereocenters. The summed E-state index contributed by atoms with van der Waals surface area (Å²) in [6.07, 6.45) is 0.758. The van der Waals surface area contributed by atoms with Crippen LogP contribution in [-0.4, -0.2) is 10.9 Å². The molecule has 1 atom stereocenters. The Bertz CT molecular complexity index is 812. The van der Waals surface area contributed by atoms with Crippen molar-refractivity contribution in [2.45, 2.75) is 26.3 Å². The Kier molecular flexibility index (Phi) is 5.06. The van der Waals surface area contributed by atoms with Crippen LogP contribution in [0.2, 0.25) is 0 Å². The van der Waals surface area contributed by atoms with Gasteiger partial charge in [0.05, 0.1) is 16.7 Å². The van der Waals surface area contributed by atoms with Gasteiger partial charge in [0.1, 0.15) is 4.88 Å². The van der Waals surface area contributed by atoms with Gasteiger partial charge in [0.25, 0.3) is 5.91 Å². The fourth-order valence-electron chi connectivity index (χ4n) is 2.60. The number of hydrogen-bond donors (Lipinski definition) is 1. The van der Waals surface area contributed by atoms with Crippen LogP contribution in [0.25, 0.3) is 0 Å². The molecule has 0 bridgehead atoms. The summed E-state index contributed by atoms with van der Waals surface area (Å²) < 4.78 is 0. The quantitative estimate of drug-likeness (QED) is 0.743. The first kappa shape index (κ1) is 16.4. The van der Waals surface area contributed by atoms with Gasteiger partial charge in [0, 0.05) is 6.42 Å². The SMILES string of the molecule is Cc1nc(Cc2ccccc2)sc1C(=O)NC(C)c1ccccc1. The molecule has 0 aliphatic carbocycles. The molecule has 122 valence electrons. The molecule has 2 aromatic carbocycles.